The van der Waals surface area contributed by atoms with Crippen molar-refractivity contribution >= 4 is 33.5 Å². The Morgan fingerprint density at radius 1 is 0.406 bits per heavy atom. The smallest absolute Gasteiger partial charge is 0.160 e. The quantitative estimate of drug-likeness (QED) is 0.161. The maximum Gasteiger partial charge on any atom is 0.160 e. The van der Waals surface area contributed by atoms with Gasteiger partial charge in [-0.1, -0.05) is 176 Å². The third kappa shape index (κ3) is 6.56. The van der Waals surface area contributed by atoms with Crippen LogP contribution in [0.1, 0.15) is 18.5 Å². The number of hydrogen-bond acceptors (Lipinski definition) is 3. The molecule has 4 nitrogen and oxygen atoms in total. The van der Waals surface area contributed by atoms with Gasteiger partial charge in [0.25, 0.3) is 0 Å². The molecule has 0 spiro atoms. The van der Waals surface area contributed by atoms with Crippen LogP contribution < -0.4 is 4.90 Å². The number of para-hydroxylation sites is 3. The van der Waals surface area contributed by atoms with Gasteiger partial charge in [-0.3, -0.25) is 0 Å². The Labute approximate surface area is 373 Å². The molecule has 0 N–H and O–H groups in total. The van der Waals surface area contributed by atoms with Crippen LogP contribution in [-0.4, -0.2) is 14.5 Å². The molecule has 0 radical (unpaired) electrons. The summed E-state index contributed by atoms with van der Waals surface area (Å²) in [5.41, 5.74) is 20.1. The zero-order valence-electron chi connectivity index (χ0n) is 35.1. The second kappa shape index (κ2) is 15.8. The first-order valence-corrected chi connectivity index (χ1v) is 22.1. The highest BCUT2D eigenvalue weighted by molar-refractivity contribution is 6.13. The summed E-state index contributed by atoms with van der Waals surface area (Å²) in [6.07, 6.45) is 8.77. The van der Waals surface area contributed by atoms with Gasteiger partial charge in [-0.05, 0) is 95.3 Å². The number of hydrogen-bond donors (Lipinski definition) is 0. The van der Waals surface area contributed by atoms with Crippen LogP contribution in [0.5, 0.6) is 0 Å². The molecule has 64 heavy (non-hydrogen) atoms. The number of nitrogens with zero attached hydrogens (tertiary/aromatic N) is 4. The van der Waals surface area contributed by atoms with E-state index in [1.807, 2.05) is 18.2 Å². The lowest BCUT2D eigenvalue weighted by Gasteiger charge is -2.28. The predicted octanol–water partition coefficient (Wildman–Crippen LogP) is 15.9. The fraction of sp³-hybridized carbons (Fsp3) is 0.0333. The van der Waals surface area contributed by atoms with Gasteiger partial charge in [0, 0.05) is 44.6 Å². The Balaban J connectivity index is 0.992. The minimum atomic E-state index is 0.727. The molecule has 0 saturated heterocycles. The van der Waals surface area contributed by atoms with Crippen molar-refractivity contribution in [3.63, 3.8) is 0 Å². The molecule has 1 aliphatic heterocycles. The third-order valence-corrected chi connectivity index (χ3v) is 12.6. The molecule has 4 heteroatoms. The summed E-state index contributed by atoms with van der Waals surface area (Å²) in [7, 11) is 0. The molecule has 3 heterocycles. The molecule has 8 aromatic carbocycles. The van der Waals surface area contributed by atoms with E-state index in [0.717, 1.165) is 80.6 Å². The van der Waals surface area contributed by atoms with Crippen molar-refractivity contribution in [3.8, 4) is 73.0 Å². The van der Waals surface area contributed by atoms with Crippen molar-refractivity contribution in [2.24, 2.45) is 0 Å². The highest BCUT2D eigenvalue weighted by Gasteiger charge is 2.31. The molecule has 0 fully saturated rings. The van der Waals surface area contributed by atoms with E-state index in [4.69, 9.17) is 9.97 Å². The van der Waals surface area contributed by atoms with Crippen molar-refractivity contribution in [1.82, 2.24) is 14.5 Å². The van der Waals surface area contributed by atoms with Gasteiger partial charge in [0.05, 0.1) is 34.0 Å². The summed E-state index contributed by atoms with van der Waals surface area (Å²) in [5, 5.41) is 1.22. The van der Waals surface area contributed by atoms with Crippen LogP contribution >= 0.6 is 0 Å². The summed E-state index contributed by atoms with van der Waals surface area (Å²) < 4.78 is 2.46. The molecule has 0 amide bonds. The molecular weight excluding hydrogens is 777 g/mol. The van der Waals surface area contributed by atoms with Gasteiger partial charge in [-0.2, -0.15) is 0 Å². The summed E-state index contributed by atoms with van der Waals surface area (Å²) in [6.45, 7) is 0. The molecule has 0 bridgehead atoms. The maximum absolute atomic E-state index is 5.17. The first-order chi connectivity index (χ1) is 31.7. The Hall–Kier alpha value is -8.34. The van der Waals surface area contributed by atoms with E-state index in [1.165, 1.54) is 44.4 Å². The average molecular weight is 819 g/mol. The minimum absolute atomic E-state index is 0.727. The average Bonchev–Trinajstić information content (AvgIpc) is 3.66. The van der Waals surface area contributed by atoms with Gasteiger partial charge in [0.1, 0.15) is 0 Å². The van der Waals surface area contributed by atoms with E-state index in [1.54, 1.807) is 0 Å². The number of fused-ring (bicyclic) bond motifs is 7. The number of allylic oxidation sites excluding steroid dienone is 4. The van der Waals surface area contributed by atoms with Gasteiger partial charge in [0.15, 0.2) is 5.82 Å². The molecule has 2 aliphatic rings. The lowest BCUT2D eigenvalue weighted by atomic mass is 9.98. The summed E-state index contributed by atoms with van der Waals surface area (Å²) in [6, 6.07) is 76.4. The highest BCUT2D eigenvalue weighted by atomic mass is 15.2. The van der Waals surface area contributed by atoms with Crippen LogP contribution in [0.4, 0.5) is 17.1 Å². The van der Waals surface area contributed by atoms with Crippen molar-refractivity contribution in [2.75, 3.05) is 4.90 Å². The number of anilines is 3. The van der Waals surface area contributed by atoms with E-state index in [0.29, 0.717) is 0 Å². The predicted molar refractivity (Wildman–Crippen MR) is 266 cm³/mol. The number of rotatable bonds is 7. The molecule has 302 valence electrons. The summed E-state index contributed by atoms with van der Waals surface area (Å²) >= 11 is 0. The van der Waals surface area contributed by atoms with Crippen LogP contribution in [0.2, 0.25) is 0 Å². The van der Waals surface area contributed by atoms with Crippen LogP contribution in [0.3, 0.4) is 0 Å². The summed E-state index contributed by atoms with van der Waals surface area (Å²) in [5.74, 6) is 0.727. The van der Waals surface area contributed by atoms with Crippen LogP contribution in [0.15, 0.2) is 231 Å². The van der Waals surface area contributed by atoms with Crippen LogP contribution in [-0.2, 0) is 0 Å². The Morgan fingerprint density at radius 3 is 1.80 bits per heavy atom. The topological polar surface area (TPSA) is 34.0 Å². The van der Waals surface area contributed by atoms with E-state index in [2.05, 4.69) is 222 Å². The normalized spacial score (nSPS) is 12.9. The molecule has 0 atom stereocenters. The van der Waals surface area contributed by atoms with Crippen molar-refractivity contribution in [2.45, 2.75) is 12.8 Å². The zero-order chi connectivity index (χ0) is 42.4. The molecule has 0 unspecified atom stereocenters. The summed E-state index contributed by atoms with van der Waals surface area (Å²) in [4.78, 5) is 12.7. The van der Waals surface area contributed by atoms with Gasteiger partial charge >= 0.3 is 0 Å². The van der Waals surface area contributed by atoms with Crippen LogP contribution in [0.25, 0.3) is 89.4 Å². The Bertz CT molecular complexity index is 3430. The molecule has 2 aromatic heterocycles. The minimum Gasteiger partial charge on any atom is -0.309 e. The van der Waals surface area contributed by atoms with Gasteiger partial charge in [-0.15, -0.1) is 0 Å². The Kier molecular flexibility index (Phi) is 9.27. The Morgan fingerprint density at radius 2 is 1.02 bits per heavy atom. The van der Waals surface area contributed by atoms with E-state index < -0.39 is 0 Å². The monoisotopic (exact) mass is 818 g/mol. The van der Waals surface area contributed by atoms with E-state index in [-0.39, 0.29) is 0 Å². The first-order valence-electron chi connectivity index (χ1n) is 22.1. The van der Waals surface area contributed by atoms with E-state index in [9.17, 15) is 0 Å². The number of aromatic nitrogens is 3. The molecule has 12 rings (SSSR count). The maximum atomic E-state index is 5.17. The van der Waals surface area contributed by atoms with Crippen molar-refractivity contribution in [1.29, 1.82) is 0 Å². The number of benzene rings is 8. The largest absolute Gasteiger partial charge is 0.309 e. The molecule has 0 saturated carbocycles. The SMILES string of the molecule is C1=CC(c2cc(-c3cccc(-c4cccc(N5c6ccccc6-c6c(n(-c7ccc(-c8ccccc8)cc7)c7ccccc67)-c6ccccc65)c4)c3)nc(-c3ccccc3)n2)=CCC1. The molecular formula is C60H42N4. The van der Waals surface area contributed by atoms with E-state index >= 15 is 0 Å². The highest BCUT2D eigenvalue weighted by Crippen LogP contribution is 2.54. The lowest BCUT2D eigenvalue weighted by Crippen LogP contribution is -2.11. The molecule has 10 aromatic rings. The van der Waals surface area contributed by atoms with Gasteiger partial charge in [-0.25, -0.2) is 9.97 Å². The van der Waals surface area contributed by atoms with Crippen LogP contribution in [0, 0.1) is 0 Å². The fourth-order valence-electron chi connectivity index (χ4n) is 9.57. The second-order valence-corrected chi connectivity index (χ2v) is 16.5. The van der Waals surface area contributed by atoms with Crippen molar-refractivity contribution in [3.05, 3.63) is 236 Å². The standard InChI is InChI=1S/C60H42N4/c1-4-18-41(19-5-1)42-34-36-48(37-35-42)64-56-32-14-11-29-51(56)58-50-28-10-13-31-55(50)63(57-33-15-12-30-52(57)59(58)64)49-27-17-25-46(39-49)45-24-16-26-47(38-45)54-40-53(43-20-6-2-7-21-43)61-60(62-54)44-22-8-3-9-23-44/h1,3-6,8-40H,2,7H2. The zero-order valence-corrected chi connectivity index (χ0v) is 35.1. The third-order valence-electron chi connectivity index (χ3n) is 12.6. The van der Waals surface area contributed by atoms with Gasteiger partial charge < -0.3 is 9.47 Å². The van der Waals surface area contributed by atoms with Crippen molar-refractivity contribution < 1.29 is 0 Å². The molecule has 1 aliphatic carbocycles. The lowest BCUT2D eigenvalue weighted by molar-refractivity contribution is 1.03. The first kappa shape index (κ1) is 37.4. The fourth-order valence-corrected chi connectivity index (χ4v) is 9.57. The van der Waals surface area contributed by atoms with Gasteiger partial charge in [0.2, 0.25) is 0 Å². The second-order valence-electron chi connectivity index (χ2n) is 16.5.